The van der Waals surface area contributed by atoms with Gasteiger partial charge >= 0.3 is 6.03 Å². The zero-order chi connectivity index (χ0) is 19.7. The van der Waals surface area contributed by atoms with Crippen LogP contribution in [-0.4, -0.2) is 107 Å². The molecule has 0 aromatic heterocycles. The summed E-state index contributed by atoms with van der Waals surface area (Å²) >= 11 is 5.59. The zero-order valence-electron chi connectivity index (χ0n) is 15.0. The van der Waals surface area contributed by atoms with Gasteiger partial charge in [-0.3, -0.25) is 4.90 Å². The third-order valence-electron chi connectivity index (χ3n) is 3.86. The molecule has 10 nitrogen and oxygen atoms in total. The monoisotopic (exact) mass is 400 g/mol. The Morgan fingerprint density at radius 2 is 1.81 bits per heavy atom. The molecular formula is C15H29ClN2O8. The number of aliphatic hydroxyl groups excluding tert-OH is 4. The van der Waals surface area contributed by atoms with Gasteiger partial charge in [0.25, 0.3) is 0 Å². The molecule has 1 aliphatic rings. The standard InChI is InChI=1S/C15H29ClN2O8/c1-3-24-10(25-4-2)7-18(15(23)17-6-5-16)14-13(22)12(21)11(20)9(8-19)26-14/h9-14,19-22H,3-8H2,1-2H3,(H,17,23)/t9-,11+,12+,13-,14-/m1/s1. The molecule has 0 aromatic rings. The van der Waals surface area contributed by atoms with E-state index in [0.717, 1.165) is 4.90 Å². The minimum Gasteiger partial charge on any atom is -0.394 e. The van der Waals surface area contributed by atoms with Gasteiger partial charge in [-0.2, -0.15) is 0 Å². The van der Waals surface area contributed by atoms with Crippen molar-refractivity contribution >= 4 is 17.6 Å². The van der Waals surface area contributed by atoms with E-state index < -0.39 is 49.6 Å². The molecule has 5 atom stereocenters. The minimum atomic E-state index is -1.60. The van der Waals surface area contributed by atoms with E-state index in [1.54, 1.807) is 13.8 Å². The van der Waals surface area contributed by atoms with Gasteiger partial charge in [0.15, 0.2) is 12.5 Å². The molecule has 0 saturated carbocycles. The zero-order valence-corrected chi connectivity index (χ0v) is 15.7. The molecular weight excluding hydrogens is 372 g/mol. The molecule has 1 fully saturated rings. The molecule has 1 rings (SSSR count). The van der Waals surface area contributed by atoms with Gasteiger partial charge in [0.1, 0.15) is 24.4 Å². The van der Waals surface area contributed by atoms with Crippen LogP contribution in [0.15, 0.2) is 0 Å². The lowest BCUT2D eigenvalue weighted by Crippen LogP contribution is -2.66. The third-order valence-corrected chi connectivity index (χ3v) is 4.05. The molecule has 0 bridgehead atoms. The maximum absolute atomic E-state index is 12.5. The molecule has 5 N–H and O–H groups in total. The molecule has 26 heavy (non-hydrogen) atoms. The molecule has 1 saturated heterocycles. The van der Waals surface area contributed by atoms with Crippen LogP contribution < -0.4 is 5.32 Å². The lowest BCUT2D eigenvalue weighted by atomic mass is 9.98. The first-order valence-electron chi connectivity index (χ1n) is 8.55. The fraction of sp³-hybridized carbons (Fsp3) is 0.933. The van der Waals surface area contributed by atoms with Crippen molar-refractivity contribution in [3.05, 3.63) is 0 Å². The smallest absolute Gasteiger partial charge is 0.319 e. The number of rotatable bonds is 10. The Kier molecular flexibility index (Phi) is 10.7. The van der Waals surface area contributed by atoms with Crippen LogP contribution in [0.2, 0.25) is 0 Å². The van der Waals surface area contributed by atoms with E-state index in [1.165, 1.54) is 0 Å². The van der Waals surface area contributed by atoms with Crippen LogP contribution in [0.5, 0.6) is 0 Å². The summed E-state index contributed by atoms with van der Waals surface area (Å²) < 4.78 is 16.3. The first kappa shape index (κ1) is 23.3. The number of carbonyl (C=O) groups excluding carboxylic acids is 1. The second kappa shape index (κ2) is 11.9. The molecule has 11 heteroatoms. The molecule has 0 aromatic carbocycles. The SMILES string of the molecule is CCOC(CN(C(=O)NCCCl)[C@@H]1O[C@H](CO)[C@H](O)[C@H](O)[C@H]1O)OCC. The van der Waals surface area contributed by atoms with Crippen LogP contribution in [0.1, 0.15) is 13.8 Å². The molecule has 0 aliphatic carbocycles. The molecule has 1 aliphatic heterocycles. The highest BCUT2D eigenvalue weighted by Crippen LogP contribution is 2.24. The Balaban J connectivity index is 3.02. The van der Waals surface area contributed by atoms with Gasteiger partial charge in [-0.15, -0.1) is 11.6 Å². The van der Waals surface area contributed by atoms with E-state index >= 15 is 0 Å². The van der Waals surface area contributed by atoms with Crippen LogP contribution in [0, 0.1) is 0 Å². The summed E-state index contributed by atoms with van der Waals surface area (Å²) in [6, 6.07) is -0.626. The van der Waals surface area contributed by atoms with Gasteiger partial charge in [0.2, 0.25) is 0 Å². The average molecular weight is 401 g/mol. The molecule has 0 radical (unpaired) electrons. The number of carbonyl (C=O) groups is 1. The van der Waals surface area contributed by atoms with Crippen LogP contribution in [0.3, 0.4) is 0 Å². The van der Waals surface area contributed by atoms with E-state index in [-0.39, 0.29) is 19.0 Å². The second-order valence-electron chi connectivity index (χ2n) is 5.63. The number of urea groups is 1. The summed E-state index contributed by atoms with van der Waals surface area (Å²) in [6.07, 6.45) is -7.98. The summed E-state index contributed by atoms with van der Waals surface area (Å²) in [4.78, 5) is 13.6. The van der Waals surface area contributed by atoms with Crippen LogP contribution in [0.4, 0.5) is 4.79 Å². The molecule has 0 spiro atoms. The van der Waals surface area contributed by atoms with E-state index in [1.807, 2.05) is 0 Å². The second-order valence-corrected chi connectivity index (χ2v) is 6.01. The number of hydrogen-bond donors (Lipinski definition) is 5. The van der Waals surface area contributed by atoms with Crippen molar-refractivity contribution in [1.29, 1.82) is 0 Å². The van der Waals surface area contributed by atoms with Crippen LogP contribution in [-0.2, 0) is 14.2 Å². The lowest BCUT2D eigenvalue weighted by Gasteiger charge is -2.45. The highest BCUT2D eigenvalue weighted by molar-refractivity contribution is 6.18. The summed E-state index contributed by atoms with van der Waals surface area (Å²) in [7, 11) is 0. The van der Waals surface area contributed by atoms with Crippen molar-refractivity contribution in [1.82, 2.24) is 10.2 Å². The Morgan fingerprint density at radius 3 is 2.31 bits per heavy atom. The largest absolute Gasteiger partial charge is 0.394 e. The lowest BCUT2D eigenvalue weighted by molar-refractivity contribution is -0.264. The number of aliphatic hydroxyl groups is 4. The number of alkyl halides is 1. The van der Waals surface area contributed by atoms with Crippen LogP contribution >= 0.6 is 11.6 Å². The summed E-state index contributed by atoms with van der Waals surface area (Å²) in [5, 5.41) is 42.1. The quantitative estimate of drug-likeness (QED) is 0.219. The number of amides is 2. The first-order valence-corrected chi connectivity index (χ1v) is 9.08. The predicted octanol–water partition coefficient (Wildman–Crippen LogP) is -1.56. The van der Waals surface area contributed by atoms with Gasteiger partial charge in [0, 0.05) is 25.6 Å². The van der Waals surface area contributed by atoms with Crippen molar-refractivity contribution in [3.8, 4) is 0 Å². The third kappa shape index (κ3) is 6.17. The fourth-order valence-electron chi connectivity index (χ4n) is 2.58. The number of hydrogen-bond acceptors (Lipinski definition) is 8. The van der Waals surface area contributed by atoms with Gasteiger partial charge < -0.3 is 40.0 Å². The Bertz CT molecular complexity index is 411. The maximum Gasteiger partial charge on any atom is 0.319 e. The van der Waals surface area contributed by atoms with E-state index in [0.29, 0.717) is 13.2 Å². The van der Waals surface area contributed by atoms with Crippen molar-refractivity contribution in [2.75, 3.05) is 38.8 Å². The molecule has 0 unspecified atom stereocenters. The van der Waals surface area contributed by atoms with Gasteiger partial charge in [0.05, 0.1) is 13.2 Å². The van der Waals surface area contributed by atoms with Crippen molar-refractivity contribution in [3.63, 3.8) is 0 Å². The van der Waals surface area contributed by atoms with Crippen molar-refractivity contribution in [2.45, 2.75) is 50.8 Å². The van der Waals surface area contributed by atoms with E-state index in [2.05, 4.69) is 5.32 Å². The Morgan fingerprint density at radius 1 is 1.19 bits per heavy atom. The van der Waals surface area contributed by atoms with E-state index in [4.69, 9.17) is 25.8 Å². The maximum atomic E-state index is 12.5. The number of nitrogens with zero attached hydrogens (tertiary/aromatic N) is 1. The number of halogens is 1. The summed E-state index contributed by atoms with van der Waals surface area (Å²) in [6.45, 7) is 3.64. The molecule has 1 heterocycles. The normalized spacial score (nSPS) is 29.0. The van der Waals surface area contributed by atoms with Crippen molar-refractivity contribution < 1.29 is 39.4 Å². The highest BCUT2D eigenvalue weighted by atomic mass is 35.5. The highest BCUT2D eigenvalue weighted by Gasteiger charge is 2.47. The predicted molar refractivity (Wildman–Crippen MR) is 91.6 cm³/mol. The summed E-state index contributed by atoms with van der Waals surface area (Å²) in [5.41, 5.74) is 0. The number of nitrogens with one attached hydrogen (secondary N) is 1. The van der Waals surface area contributed by atoms with E-state index in [9.17, 15) is 25.2 Å². The summed E-state index contributed by atoms with van der Waals surface area (Å²) in [5.74, 6) is 0.175. The first-order chi connectivity index (χ1) is 12.4. The number of ether oxygens (including phenoxy) is 3. The van der Waals surface area contributed by atoms with Crippen molar-refractivity contribution in [2.24, 2.45) is 0 Å². The van der Waals surface area contributed by atoms with Gasteiger partial charge in [-0.05, 0) is 13.8 Å². The molecule has 2 amide bonds. The average Bonchev–Trinajstić information content (AvgIpc) is 2.63. The Hall–Kier alpha value is -0.720. The topological polar surface area (TPSA) is 141 Å². The van der Waals surface area contributed by atoms with Gasteiger partial charge in [-0.25, -0.2) is 4.79 Å². The minimum absolute atomic E-state index is 0.113. The van der Waals surface area contributed by atoms with Crippen LogP contribution in [0.25, 0.3) is 0 Å². The fourth-order valence-corrected chi connectivity index (χ4v) is 2.68. The Labute approximate surface area is 157 Å². The van der Waals surface area contributed by atoms with Gasteiger partial charge in [-0.1, -0.05) is 0 Å². The molecule has 154 valence electrons.